The van der Waals surface area contributed by atoms with Crippen molar-refractivity contribution in [2.75, 3.05) is 0 Å². The molecular formula is C16H29ClO2Si2. The molecule has 1 aromatic carbocycles. The van der Waals surface area contributed by atoms with Crippen LogP contribution in [-0.4, -0.2) is 22.7 Å². The lowest BCUT2D eigenvalue weighted by Gasteiger charge is -2.36. The quantitative estimate of drug-likeness (QED) is 0.576. The molecule has 0 N–H and O–H groups in total. The first kappa shape index (κ1) is 18.9. The van der Waals surface area contributed by atoms with Crippen molar-refractivity contribution in [2.45, 2.75) is 64.8 Å². The summed E-state index contributed by atoms with van der Waals surface area (Å²) in [7, 11) is -3.34. The lowest BCUT2D eigenvalue weighted by Crippen LogP contribution is -2.40. The van der Waals surface area contributed by atoms with E-state index < -0.39 is 16.6 Å². The van der Waals surface area contributed by atoms with Crippen molar-refractivity contribution in [1.82, 2.24) is 0 Å². The van der Waals surface area contributed by atoms with Gasteiger partial charge < -0.3 is 8.85 Å². The van der Waals surface area contributed by atoms with Crippen LogP contribution in [0.1, 0.15) is 25.0 Å². The van der Waals surface area contributed by atoms with Crippen LogP contribution in [0.25, 0.3) is 0 Å². The average Bonchev–Trinajstić information content (AvgIpc) is 2.32. The summed E-state index contributed by atoms with van der Waals surface area (Å²) < 4.78 is 12.8. The fourth-order valence-corrected chi connectivity index (χ4v) is 4.72. The van der Waals surface area contributed by atoms with Crippen molar-refractivity contribution in [3.05, 3.63) is 34.9 Å². The average molecular weight is 345 g/mol. The first-order valence-corrected chi connectivity index (χ1v) is 14.8. The first-order chi connectivity index (χ1) is 9.53. The van der Waals surface area contributed by atoms with E-state index in [2.05, 4.69) is 52.3 Å². The Morgan fingerprint density at radius 3 is 1.90 bits per heavy atom. The topological polar surface area (TPSA) is 18.5 Å². The van der Waals surface area contributed by atoms with Crippen LogP contribution in [0.15, 0.2) is 24.3 Å². The molecule has 5 heteroatoms. The lowest BCUT2D eigenvalue weighted by molar-refractivity contribution is 0.0407. The second-order valence-corrected chi connectivity index (χ2v) is 16.7. The van der Waals surface area contributed by atoms with Gasteiger partial charge in [0.1, 0.15) is 0 Å². The predicted octanol–water partition coefficient (Wildman–Crippen LogP) is 5.86. The minimum Gasteiger partial charge on any atom is -0.412 e. The third-order valence-corrected chi connectivity index (χ3v) is 5.25. The van der Waals surface area contributed by atoms with Gasteiger partial charge >= 0.3 is 0 Å². The van der Waals surface area contributed by atoms with Crippen LogP contribution in [0.4, 0.5) is 0 Å². The van der Waals surface area contributed by atoms with Crippen molar-refractivity contribution in [3.63, 3.8) is 0 Å². The maximum atomic E-state index is 6.46. The molecule has 1 aromatic rings. The second kappa shape index (κ2) is 7.42. The van der Waals surface area contributed by atoms with Crippen LogP contribution in [0, 0.1) is 0 Å². The zero-order chi connectivity index (χ0) is 16.3. The summed E-state index contributed by atoms with van der Waals surface area (Å²) in [5.41, 5.74) is 1.05. The largest absolute Gasteiger partial charge is 0.412 e. The highest BCUT2D eigenvalue weighted by molar-refractivity contribution is 6.70. The maximum absolute atomic E-state index is 6.46. The highest BCUT2D eigenvalue weighted by Gasteiger charge is 2.33. The number of hydrogen-bond donors (Lipinski definition) is 0. The Kier molecular flexibility index (Phi) is 6.68. The highest BCUT2D eigenvalue weighted by atomic mass is 35.5. The fraction of sp³-hybridized carbons (Fsp3) is 0.625. The zero-order valence-corrected chi connectivity index (χ0v) is 17.1. The summed E-state index contributed by atoms with van der Waals surface area (Å²) in [6.45, 7) is 15.4. The summed E-state index contributed by atoms with van der Waals surface area (Å²) in [6.07, 6.45) is 0.898. The van der Waals surface area contributed by atoms with E-state index in [4.69, 9.17) is 20.5 Å². The lowest BCUT2D eigenvalue weighted by atomic mass is 10.0. The SMILES string of the molecule is CC[C@@H](O[Si](C)(C)C)C(O[Si](C)(C)C)c1ccccc1Cl. The predicted molar refractivity (Wildman–Crippen MR) is 97.1 cm³/mol. The molecular weight excluding hydrogens is 316 g/mol. The molecule has 1 unspecified atom stereocenters. The molecule has 0 radical (unpaired) electrons. The van der Waals surface area contributed by atoms with Gasteiger partial charge in [-0.2, -0.15) is 0 Å². The van der Waals surface area contributed by atoms with Crippen LogP contribution in [-0.2, 0) is 8.85 Å². The third-order valence-electron chi connectivity index (χ3n) is 2.94. The highest BCUT2D eigenvalue weighted by Crippen LogP contribution is 2.34. The smallest absolute Gasteiger partial charge is 0.184 e. The Labute approximate surface area is 137 Å². The molecule has 0 fully saturated rings. The van der Waals surface area contributed by atoms with Gasteiger partial charge in [0.15, 0.2) is 16.6 Å². The molecule has 0 aliphatic rings. The van der Waals surface area contributed by atoms with E-state index in [9.17, 15) is 0 Å². The fourth-order valence-electron chi connectivity index (χ4n) is 2.24. The standard InChI is InChI=1S/C16H29ClO2Si2/c1-8-15(18-20(2,3)4)16(19-21(5,6)7)13-11-9-10-12-14(13)17/h9-12,15-16H,8H2,1-7H3/t15-,16?/m1/s1. The number of halogens is 1. The van der Waals surface area contributed by atoms with Gasteiger partial charge in [-0.05, 0) is 51.8 Å². The maximum Gasteiger partial charge on any atom is 0.184 e. The molecule has 0 saturated carbocycles. The van der Waals surface area contributed by atoms with Gasteiger partial charge in [-0.15, -0.1) is 0 Å². The van der Waals surface area contributed by atoms with Crippen LogP contribution in [0.3, 0.4) is 0 Å². The van der Waals surface area contributed by atoms with Crippen molar-refractivity contribution in [3.8, 4) is 0 Å². The molecule has 2 atom stereocenters. The molecule has 1 rings (SSSR count). The molecule has 2 nitrogen and oxygen atoms in total. The van der Waals surface area contributed by atoms with Crippen LogP contribution < -0.4 is 0 Å². The van der Waals surface area contributed by atoms with Crippen LogP contribution in [0.2, 0.25) is 44.3 Å². The molecule has 0 aromatic heterocycles. The monoisotopic (exact) mass is 344 g/mol. The summed E-state index contributed by atoms with van der Waals surface area (Å²) in [6, 6.07) is 7.96. The van der Waals surface area contributed by atoms with Gasteiger partial charge in [0.25, 0.3) is 0 Å². The van der Waals surface area contributed by atoms with E-state index in [1.807, 2.05) is 18.2 Å². The molecule has 0 saturated heterocycles. The van der Waals surface area contributed by atoms with Gasteiger partial charge in [0.2, 0.25) is 0 Å². The van der Waals surface area contributed by atoms with Crippen molar-refractivity contribution >= 4 is 28.2 Å². The Hall–Kier alpha value is -0.136. The third kappa shape index (κ3) is 6.65. The molecule has 0 aliphatic carbocycles. The number of rotatable bonds is 7. The number of hydrogen-bond acceptors (Lipinski definition) is 2. The molecule has 0 bridgehead atoms. The minimum absolute atomic E-state index is 0.0586. The minimum atomic E-state index is -1.70. The molecule has 0 spiro atoms. The van der Waals surface area contributed by atoms with E-state index in [0.29, 0.717) is 0 Å². The molecule has 0 amide bonds. The van der Waals surface area contributed by atoms with E-state index >= 15 is 0 Å². The Bertz CT molecular complexity index is 452. The van der Waals surface area contributed by atoms with Crippen LogP contribution in [0.5, 0.6) is 0 Å². The van der Waals surface area contributed by atoms with E-state index in [-0.39, 0.29) is 12.2 Å². The summed E-state index contributed by atoms with van der Waals surface area (Å²) in [5, 5.41) is 0.762. The Morgan fingerprint density at radius 1 is 0.952 bits per heavy atom. The Morgan fingerprint density at radius 2 is 1.48 bits per heavy atom. The van der Waals surface area contributed by atoms with Crippen LogP contribution >= 0.6 is 11.6 Å². The van der Waals surface area contributed by atoms with E-state index in [0.717, 1.165) is 17.0 Å². The molecule has 0 heterocycles. The van der Waals surface area contributed by atoms with E-state index in [1.54, 1.807) is 0 Å². The van der Waals surface area contributed by atoms with Gasteiger partial charge in [0.05, 0.1) is 12.2 Å². The van der Waals surface area contributed by atoms with Gasteiger partial charge in [0, 0.05) is 10.6 Å². The normalized spacial score (nSPS) is 15.8. The molecule has 120 valence electrons. The Balaban J connectivity index is 3.15. The zero-order valence-electron chi connectivity index (χ0n) is 14.4. The number of benzene rings is 1. The van der Waals surface area contributed by atoms with E-state index in [1.165, 1.54) is 0 Å². The van der Waals surface area contributed by atoms with Gasteiger partial charge in [-0.1, -0.05) is 36.7 Å². The van der Waals surface area contributed by atoms with Crippen molar-refractivity contribution < 1.29 is 8.85 Å². The summed E-state index contributed by atoms with van der Waals surface area (Å²) in [4.78, 5) is 0. The summed E-state index contributed by atoms with van der Waals surface area (Å²) >= 11 is 6.41. The summed E-state index contributed by atoms with van der Waals surface area (Å²) in [5.74, 6) is 0. The second-order valence-electron chi connectivity index (χ2n) is 7.35. The molecule has 21 heavy (non-hydrogen) atoms. The molecule has 0 aliphatic heterocycles. The van der Waals surface area contributed by atoms with Crippen molar-refractivity contribution in [2.24, 2.45) is 0 Å². The van der Waals surface area contributed by atoms with Gasteiger partial charge in [-0.3, -0.25) is 0 Å². The van der Waals surface area contributed by atoms with Crippen molar-refractivity contribution in [1.29, 1.82) is 0 Å². The van der Waals surface area contributed by atoms with Gasteiger partial charge in [-0.25, -0.2) is 0 Å². The first-order valence-electron chi connectivity index (χ1n) is 7.63.